The van der Waals surface area contributed by atoms with E-state index in [1.807, 2.05) is 36.4 Å². The van der Waals surface area contributed by atoms with Crippen LogP contribution in [0.1, 0.15) is 10.4 Å². The van der Waals surface area contributed by atoms with E-state index in [0.717, 1.165) is 0 Å². The van der Waals surface area contributed by atoms with E-state index in [2.05, 4.69) is 5.43 Å². The van der Waals surface area contributed by atoms with Crippen molar-refractivity contribution in [3.8, 4) is 0 Å². The molecule has 1 aromatic heterocycles. The lowest BCUT2D eigenvalue weighted by Gasteiger charge is -1.98. The fourth-order valence-corrected chi connectivity index (χ4v) is 1.24. The van der Waals surface area contributed by atoms with E-state index in [4.69, 9.17) is 0 Å². The van der Waals surface area contributed by atoms with Crippen molar-refractivity contribution in [2.24, 2.45) is 0 Å². The Kier molecular flexibility index (Phi) is 2.74. The number of benzene rings is 1. The highest BCUT2D eigenvalue weighted by Crippen LogP contribution is 1.97. The zero-order chi connectivity index (χ0) is 10.5. The van der Waals surface area contributed by atoms with Crippen molar-refractivity contribution in [2.75, 3.05) is 5.43 Å². The lowest BCUT2D eigenvalue weighted by atomic mass is 10.2. The Hall–Kier alpha value is -2.16. The molecule has 1 aromatic carbocycles. The SMILES string of the molecule is O=C(N[n+]1ccccc1)c1ccccc1. The van der Waals surface area contributed by atoms with Crippen LogP contribution in [0.15, 0.2) is 60.9 Å². The molecule has 0 aliphatic rings. The summed E-state index contributed by atoms with van der Waals surface area (Å²) in [6.07, 6.45) is 3.56. The number of nitrogens with one attached hydrogen (secondary N) is 1. The molecule has 1 heterocycles. The molecule has 0 radical (unpaired) electrons. The first-order valence-electron chi connectivity index (χ1n) is 4.69. The Morgan fingerprint density at radius 2 is 1.53 bits per heavy atom. The molecule has 1 N–H and O–H groups in total. The highest BCUT2D eigenvalue weighted by molar-refractivity contribution is 5.98. The lowest BCUT2D eigenvalue weighted by molar-refractivity contribution is -0.641. The molecule has 0 spiro atoms. The normalized spacial score (nSPS) is 9.60. The van der Waals surface area contributed by atoms with Gasteiger partial charge in [-0.3, -0.25) is 4.79 Å². The second-order valence-corrected chi connectivity index (χ2v) is 3.09. The maximum Gasteiger partial charge on any atom is 0.305 e. The van der Waals surface area contributed by atoms with Crippen molar-refractivity contribution in [2.45, 2.75) is 0 Å². The third-order valence-corrected chi connectivity index (χ3v) is 1.98. The molecule has 0 bridgehead atoms. The summed E-state index contributed by atoms with van der Waals surface area (Å²) in [6.45, 7) is 0. The first kappa shape index (κ1) is 9.40. The van der Waals surface area contributed by atoms with Crippen molar-refractivity contribution >= 4 is 5.91 Å². The topological polar surface area (TPSA) is 33.0 Å². The molecule has 0 saturated heterocycles. The summed E-state index contributed by atoms with van der Waals surface area (Å²) in [5, 5.41) is 0. The summed E-state index contributed by atoms with van der Waals surface area (Å²) >= 11 is 0. The maximum atomic E-state index is 11.7. The first-order valence-corrected chi connectivity index (χ1v) is 4.69. The van der Waals surface area contributed by atoms with Gasteiger partial charge in [0.05, 0.1) is 0 Å². The van der Waals surface area contributed by atoms with Gasteiger partial charge >= 0.3 is 5.91 Å². The molecule has 74 valence electrons. The van der Waals surface area contributed by atoms with E-state index < -0.39 is 0 Å². The standard InChI is InChI=1S/C12H10N2O/c15-12(11-7-3-1-4-8-11)13-14-9-5-2-6-10-14/h1-10H/p+1. The second kappa shape index (κ2) is 4.37. The van der Waals surface area contributed by atoms with Gasteiger partial charge in [0, 0.05) is 17.7 Å². The molecular formula is C12H11N2O+. The van der Waals surface area contributed by atoms with Gasteiger partial charge in [-0.05, 0) is 12.1 Å². The number of pyridine rings is 1. The first-order chi connectivity index (χ1) is 7.36. The van der Waals surface area contributed by atoms with Gasteiger partial charge in [-0.1, -0.05) is 28.9 Å². The molecule has 15 heavy (non-hydrogen) atoms. The Bertz CT molecular complexity index is 440. The molecule has 1 amide bonds. The minimum atomic E-state index is -0.119. The summed E-state index contributed by atoms with van der Waals surface area (Å²) in [4.78, 5) is 11.7. The molecule has 2 aromatic rings. The monoisotopic (exact) mass is 199 g/mol. The number of hydrogen-bond donors (Lipinski definition) is 1. The van der Waals surface area contributed by atoms with Crippen LogP contribution in [0.25, 0.3) is 0 Å². The van der Waals surface area contributed by atoms with Crippen molar-refractivity contribution in [3.05, 3.63) is 66.5 Å². The van der Waals surface area contributed by atoms with Gasteiger partial charge in [-0.25, -0.2) is 0 Å². The number of nitrogens with zero attached hydrogens (tertiary/aromatic N) is 1. The Balaban J connectivity index is 2.12. The fraction of sp³-hybridized carbons (Fsp3) is 0. The van der Waals surface area contributed by atoms with Gasteiger partial charge in [0.15, 0.2) is 12.4 Å². The van der Waals surface area contributed by atoms with Crippen LogP contribution in [0.3, 0.4) is 0 Å². The van der Waals surface area contributed by atoms with E-state index in [0.29, 0.717) is 5.56 Å². The predicted molar refractivity (Wildman–Crippen MR) is 56.8 cm³/mol. The summed E-state index contributed by atoms with van der Waals surface area (Å²) in [7, 11) is 0. The van der Waals surface area contributed by atoms with Crippen LogP contribution in [0.5, 0.6) is 0 Å². The number of aromatic nitrogens is 1. The predicted octanol–water partition coefficient (Wildman–Crippen LogP) is 1.36. The van der Waals surface area contributed by atoms with Crippen molar-refractivity contribution in [3.63, 3.8) is 0 Å². The highest BCUT2D eigenvalue weighted by atomic mass is 16.2. The van der Waals surface area contributed by atoms with Crippen LogP contribution in [0, 0.1) is 0 Å². The van der Waals surface area contributed by atoms with Crippen LogP contribution in [0.2, 0.25) is 0 Å². The third-order valence-electron chi connectivity index (χ3n) is 1.98. The fourth-order valence-electron chi connectivity index (χ4n) is 1.24. The Morgan fingerprint density at radius 1 is 0.933 bits per heavy atom. The average Bonchev–Trinajstić information content (AvgIpc) is 2.31. The summed E-state index contributed by atoms with van der Waals surface area (Å²) in [5.74, 6) is -0.119. The molecule has 0 aliphatic carbocycles. The van der Waals surface area contributed by atoms with Crippen LogP contribution < -0.4 is 10.1 Å². The number of hydrogen-bond acceptors (Lipinski definition) is 1. The number of rotatable bonds is 2. The van der Waals surface area contributed by atoms with Gasteiger partial charge in [-0.15, -0.1) is 5.43 Å². The van der Waals surface area contributed by atoms with Crippen molar-refractivity contribution in [1.82, 2.24) is 0 Å². The summed E-state index contributed by atoms with van der Waals surface area (Å²) in [5.41, 5.74) is 3.38. The molecule has 3 heteroatoms. The molecular weight excluding hydrogens is 188 g/mol. The zero-order valence-electron chi connectivity index (χ0n) is 8.13. The highest BCUT2D eigenvalue weighted by Gasteiger charge is 2.08. The van der Waals surface area contributed by atoms with Crippen LogP contribution in [-0.2, 0) is 0 Å². The van der Waals surface area contributed by atoms with E-state index >= 15 is 0 Å². The molecule has 2 rings (SSSR count). The number of carbonyl (C=O) groups is 1. The molecule has 0 saturated carbocycles. The van der Waals surface area contributed by atoms with Crippen LogP contribution in [0.4, 0.5) is 0 Å². The van der Waals surface area contributed by atoms with Gasteiger partial charge in [0.2, 0.25) is 0 Å². The van der Waals surface area contributed by atoms with E-state index in [1.165, 1.54) is 0 Å². The van der Waals surface area contributed by atoms with E-state index in [-0.39, 0.29) is 5.91 Å². The quantitative estimate of drug-likeness (QED) is 0.728. The third kappa shape index (κ3) is 2.40. The minimum absolute atomic E-state index is 0.119. The van der Waals surface area contributed by atoms with Crippen LogP contribution >= 0.6 is 0 Å². The smallest absolute Gasteiger partial charge is 0.264 e. The van der Waals surface area contributed by atoms with Gasteiger partial charge in [0.1, 0.15) is 0 Å². The van der Waals surface area contributed by atoms with Crippen molar-refractivity contribution < 1.29 is 9.47 Å². The maximum absolute atomic E-state index is 11.7. The molecule has 0 unspecified atom stereocenters. The summed E-state index contributed by atoms with van der Waals surface area (Å²) in [6, 6.07) is 14.7. The second-order valence-electron chi connectivity index (χ2n) is 3.09. The van der Waals surface area contributed by atoms with Gasteiger partial charge in [0.25, 0.3) is 0 Å². The Labute approximate surface area is 88.0 Å². The molecule has 0 aliphatic heterocycles. The average molecular weight is 199 g/mol. The van der Waals surface area contributed by atoms with E-state index in [1.54, 1.807) is 29.2 Å². The molecule has 3 nitrogen and oxygen atoms in total. The Morgan fingerprint density at radius 3 is 2.20 bits per heavy atom. The minimum Gasteiger partial charge on any atom is -0.264 e. The largest absolute Gasteiger partial charge is 0.305 e. The van der Waals surface area contributed by atoms with Gasteiger partial charge < -0.3 is 0 Å². The van der Waals surface area contributed by atoms with Crippen LogP contribution in [-0.4, -0.2) is 5.91 Å². The lowest BCUT2D eigenvalue weighted by Crippen LogP contribution is -2.47. The summed E-state index contributed by atoms with van der Waals surface area (Å²) < 4.78 is 1.62. The van der Waals surface area contributed by atoms with E-state index in [9.17, 15) is 4.79 Å². The number of amides is 1. The van der Waals surface area contributed by atoms with Crippen molar-refractivity contribution in [1.29, 1.82) is 0 Å². The van der Waals surface area contributed by atoms with Gasteiger partial charge in [-0.2, -0.15) is 0 Å². The number of carbonyl (C=O) groups excluding carboxylic acids is 1. The molecule has 0 atom stereocenters. The molecule has 0 fully saturated rings. The zero-order valence-corrected chi connectivity index (χ0v) is 8.13.